The van der Waals surface area contributed by atoms with Crippen LogP contribution in [0.2, 0.25) is 0 Å². The number of carbonyl (C=O) groups excluding carboxylic acids is 1. The van der Waals surface area contributed by atoms with Crippen molar-refractivity contribution < 1.29 is 4.79 Å². The second-order valence-corrected chi connectivity index (χ2v) is 6.82. The second-order valence-electron chi connectivity index (χ2n) is 6.82. The molecule has 1 aliphatic carbocycles. The molecule has 116 valence electrons. The quantitative estimate of drug-likeness (QED) is 0.791. The number of carbonyl (C=O) groups is 1. The zero-order valence-electron chi connectivity index (χ0n) is 13.7. The lowest BCUT2D eigenvalue weighted by Crippen LogP contribution is -2.38. The molecule has 0 spiro atoms. The molecule has 1 aromatic heterocycles. The van der Waals surface area contributed by atoms with E-state index in [1.807, 2.05) is 0 Å². The van der Waals surface area contributed by atoms with Gasteiger partial charge in [-0.2, -0.15) is 0 Å². The Hall–Kier alpha value is -1.09. The average Bonchev–Trinajstić information content (AvgIpc) is 3.01. The molecule has 0 aromatic carbocycles. The van der Waals surface area contributed by atoms with Crippen LogP contribution in [0.4, 0.5) is 0 Å². The third-order valence-electron chi connectivity index (χ3n) is 5.66. The van der Waals surface area contributed by atoms with Crippen molar-refractivity contribution in [2.75, 3.05) is 13.1 Å². The number of fused-ring (bicyclic) bond motifs is 1. The van der Waals surface area contributed by atoms with Gasteiger partial charge in [0.15, 0.2) is 5.78 Å². The maximum Gasteiger partial charge on any atom is 0.178 e. The fourth-order valence-electron chi connectivity index (χ4n) is 4.54. The van der Waals surface area contributed by atoms with Crippen LogP contribution in [0.1, 0.15) is 60.8 Å². The van der Waals surface area contributed by atoms with Crippen LogP contribution in [0.15, 0.2) is 6.07 Å². The number of nitrogens with zero attached hydrogens (tertiary/aromatic N) is 2. The van der Waals surface area contributed by atoms with E-state index in [2.05, 4.69) is 36.3 Å². The Bertz CT molecular complexity index is 532. The number of aromatic nitrogens is 1. The predicted molar refractivity (Wildman–Crippen MR) is 85.8 cm³/mol. The fourth-order valence-corrected chi connectivity index (χ4v) is 4.54. The van der Waals surface area contributed by atoms with E-state index in [4.69, 9.17) is 0 Å². The zero-order valence-corrected chi connectivity index (χ0v) is 13.7. The van der Waals surface area contributed by atoms with Crippen LogP contribution < -0.4 is 0 Å². The van der Waals surface area contributed by atoms with Crippen molar-refractivity contribution >= 4 is 5.78 Å². The van der Waals surface area contributed by atoms with Gasteiger partial charge in [0.25, 0.3) is 0 Å². The summed E-state index contributed by atoms with van der Waals surface area (Å²) in [5.74, 6) is 1.17. The standard InChI is InChI=1S/C18H28N2O/c1-4-20-13(2)11-16(14(20)3)18(21)12-19-10-9-15-7-5-6-8-17(15)19/h11,15,17H,4-10,12H2,1-3H3. The van der Waals surface area contributed by atoms with Gasteiger partial charge in [-0.25, -0.2) is 0 Å². The molecule has 3 heteroatoms. The van der Waals surface area contributed by atoms with Crippen molar-refractivity contribution in [3.8, 4) is 0 Å². The van der Waals surface area contributed by atoms with E-state index in [9.17, 15) is 4.79 Å². The Morgan fingerprint density at radius 2 is 2.00 bits per heavy atom. The summed E-state index contributed by atoms with van der Waals surface area (Å²) in [6, 6.07) is 2.76. The first-order valence-electron chi connectivity index (χ1n) is 8.55. The normalized spacial score (nSPS) is 26.0. The molecule has 0 bridgehead atoms. The predicted octanol–water partition coefficient (Wildman–Crippen LogP) is 3.57. The van der Waals surface area contributed by atoms with Crippen molar-refractivity contribution in [3.05, 3.63) is 23.0 Å². The van der Waals surface area contributed by atoms with Gasteiger partial charge in [0, 0.05) is 29.5 Å². The van der Waals surface area contributed by atoms with Gasteiger partial charge in [-0.15, -0.1) is 0 Å². The summed E-state index contributed by atoms with van der Waals surface area (Å²) in [5.41, 5.74) is 3.28. The Morgan fingerprint density at radius 3 is 2.71 bits per heavy atom. The molecule has 2 unspecified atom stereocenters. The van der Waals surface area contributed by atoms with E-state index in [0.717, 1.165) is 30.3 Å². The molecule has 1 saturated heterocycles. The van der Waals surface area contributed by atoms with E-state index in [-0.39, 0.29) is 0 Å². The van der Waals surface area contributed by atoms with Gasteiger partial charge in [0.05, 0.1) is 6.54 Å². The van der Waals surface area contributed by atoms with Crippen LogP contribution in [-0.4, -0.2) is 34.4 Å². The molecule has 0 amide bonds. The lowest BCUT2D eigenvalue weighted by atomic mass is 9.85. The molecule has 2 aliphatic rings. The lowest BCUT2D eigenvalue weighted by Gasteiger charge is -2.31. The molecular weight excluding hydrogens is 260 g/mol. The van der Waals surface area contributed by atoms with Gasteiger partial charge in [0.1, 0.15) is 0 Å². The molecule has 3 nitrogen and oxygen atoms in total. The Kier molecular flexibility index (Phi) is 4.21. The molecular formula is C18H28N2O. The van der Waals surface area contributed by atoms with Gasteiger partial charge in [-0.05, 0) is 58.6 Å². The Morgan fingerprint density at radius 1 is 1.24 bits per heavy atom. The number of hydrogen-bond acceptors (Lipinski definition) is 2. The molecule has 1 saturated carbocycles. The lowest BCUT2D eigenvalue weighted by molar-refractivity contribution is 0.0895. The van der Waals surface area contributed by atoms with Gasteiger partial charge >= 0.3 is 0 Å². The van der Waals surface area contributed by atoms with Crippen molar-refractivity contribution in [2.24, 2.45) is 5.92 Å². The molecule has 3 rings (SSSR count). The van der Waals surface area contributed by atoms with Crippen LogP contribution in [0, 0.1) is 19.8 Å². The molecule has 1 aromatic rings. The van der Waals surface area contributed by atoms with Crippen LogP contribution in [-0.2, 0) is 6.54 Å². The van der Waals surface area contributed by atoms with Crippen LogP contribution in [0.25, 0.3) is 0 Å². The highest BCUT2D eigenvalue weighted by molar-refractivity contribution is 5.99. The molecule has 2 fully saturated rings. The number of hydrogen-bond donors (Lipinski definition) is 0. The third kappa shape index (κ3) is 2.68. The highest BCUT2D eigenvalue weighted by Crippen LogP contribution is 2.36. The summed E-state index contributed by atoms with van der Waals surface area (Å²) in [4.78, 5) is 15.2. The van der Waals surface area contributed by atoms with E-state index >= 15 is 0 Å². The van der Waals surface area contributed by atoms with Crippen LogP contribution in [0.3, 0.4) is 0 Å². The van der Waals surface area contributed by atoms with Gasteiger partial charge in [0.2, 0.25) is 0 Å². The van der Waals surface area contributed by atoms with E-state index < -0.39 is 0 Å². The van der Waals surface area contributed by atoms with E-state index in [1.54, 1.807) is 0 Å². The zero-order chi connectivity index (χ0) is 15.0. The molecule has 21 heavy (non-hydrogen) atoms. The van der Waals surface area contributed by atoms with Crippen molar-refractivity contribution in [3.63, 3.8) is 0 Å². The summed E-state index contributed by atoms with van der Waals surface area (Å²) in [5, 5.41) is 0. The smallest absolute Gasteiger partial charge is 0.178 e. The number of Topliss-reactive ketones (excluding diaryl/α,β-unsaturated/α-hetero) is 1. The fraction of sp³-hybridized carbons (Fsp3) is 0.722. The van der Waals surface area contributed by atoms with Gasteiger partial charge in [-0.3, -0.25) is 9.69 Å². The van der Waals surface area contributed by atoms with Crippen molar-refractivity contribution in [2.45, 2.75) is 65.5 Å². The minimum atomic E-state index is 0.314. The third-order valence-corrected chi connectivity index (χ3v) is 5.66. The first kappa shape index (κ1) is 14.8. The van der Waals surface area contributed by atoms with E-state index in [1.165, 1.54) is 37.8 Å². The summed E-state index contributed by atoms with van der Waals surface area (Å²) in [6.45, 7) is 9.00. The highest BCUT2D eigenvalue weighted by atomic mass is 16.1. The topological polar surface area (TPSA) is 25.2 Å². The van der Waals surface area contributed by atoms with Gasteiger partial charge in [-0.1, -0.05) is 12.8 Å². The molecule has 0 N–H and O–H groups in total. The van der Waals surface area contributed by atoms with Crippen molar-refractivity contribution in [1.29, 1.82) is 0 Å². The summed E-state index contributed by atoms with van der Waals surface area (Å²) < 4.78 is 2.24. The first-order valence-corrected chi connectivity index (χ1v) is 8.55. The largest absolute Gasteiger partial charge is 0.349 e. The summed E-state index contributed by atoms with van der Waals surface area (Å²) >= 11 is 0. The van der Waals surface area contributed by atoms with Gasteiger partial charge < -0.3 is 4.57 Å². The minimum absolute atomic E-state index is 0.314. The van der Waals surface area contributed by atoms with E-state index in [0.29, 0.717) is 18.4 Å². The number of rotatable bonds is 4. The Labute approximate surface area is 128 Å². The molecule has 0 radical (unpaired) electrons. The van der Waals surface area contributed by atoms with Crippen molar-refractivity contribution in [1.82, 2.24) is 9.47 Å². The SMILES string of the molecule is CCn1c(C)cc(C(=O)CN2CCC3CCCCC32)c1C. The van der Waals surface area contributed by atoms with Crippen LogP contribution in [0.5, 0.6) is 0 Å². The molecule has 2 heterocycles. The maximum atomic E-state index is 12.7. The number of likely N-dealkylation sites (tertiary alicyclic amines) is 1. The molecule has 1 aliphatic heterocycles. The molecule has 2 atom stereocenters. The maximum absolute atomic E-state index is 12.7. The monoisotopic (exact) mass is 288 g/mol. The summed E-state index contributed by atoms with van der Waals surface area (Å²) in [7, 11) is 0. The average molecular weight is 288 g/mol. The Balaban J connectivity index is 1.72. The van der Waals surface area contributed by atoms with Crippen LogP contribution >= 0.6 is 0 Å². The summed E-state index contributed by atoms with van der Waals surface area (Å²) in [6.07, 6.45) is 6.70. The first-order chi connectivity index (χ1) is 10.1. The second kappa shape index (κ2) is 5.96. The number of aryl methyl sites for hydroxylation is 1. The highest BCUT2D eigenvalue weighted by Gasteiger charge is 2.36. The minimum Gasteiger partial charge on any atom is -0.349 e. The number of ketones is 1.